The molecule has 0 aliphatic heterocycles. The van der Waals surface area contributed by atoms with E-state index in [4.69, 9.17) is 4.74 Å². The molecule has 5 heteroatoms. The molecule has 0 radical (unpaired) electrons. The summed E-state index contributed by atoms with van der Waals surface area (Å²) in [4.78, 5) is 12.3. The number of nitrogens with one attached hydrogen (secondary N) is 1. The Morgan fingerprint density at radius 3 is 2.60 bits per heavy atom. The second-order valence-electron chi connectivity index (χ2n) is 5.72. The third-order valence-corrected chi connectivity index (χ3v) is 3.62. The molecule has 0 aliphatic carbocycles. The van der Waals surface area contributed by atoms with Crippen molar-refractivity contribution in [3.63, 3.8) is 0 Å². The third kappa shape index (κ3) is 4.47. The molecule has 1 aromatic carbocycles. The van der Waals surface area contributed by atoms with Crippen molar-refractivity contribution in [1.82, 2.24) is 5.32 Å². The lowest BCUT2D eigenvalue weighted by Crippen LogP contribution is -2.44. The lowest BCUT2D eigenvalue weighted by atomic mass is 9.85. The predicted octanol–water partition coefficient (Wildman–Crippen LogP) is 3.76. The molecule has 1 amide bonds. The van der Waals surface area contributed by atoms with Gasteiger partial charge in [0.2, 0.25) is 0 Å². The number of rotatable bonds is 5. The molecule has 20 heavy (non-hydrogen) atoms. The second-order valence-corrected chi connectivity index (χ2v) is 6.51. The fraction of sp³-hybridized carbons (Fsp3) is 0.533. The molecule has 1 atom stereocenters. The Balaban J connectivity index is 2.89. The van der Waals surface area contributed by atoms with Crippen molar-refractivity contribution in [1.29, 1.82) is 0 Å². The summed E-state index contributed by atoms with van der Waals surface area (Å²) < 4.78 is 18.2. The van der Waals surface area contributed by atoms with Gasteiger partial charge in [0.05, 0.1) is 7.11 Å². The number of carbonyl (C=O) groups excluding carboxylic acids is 1. The monoisotopic (exact) mass is 345 g/mol. The van der Waals surface area contributed by atoms with Crippen molar-refractivity contribution < 1.29 is 13.9 Å². The highest BCUT2D eigenvalue weighted by molar-refractivity contribution is 9.09. The molecule has 1 unspecified atom stereocenters. The van der Waals surface area contributed by atoms with Crippen LogP contribution in [-0.2, 0) is 0 Å². The van der Waals surface area contributed by atoms with Crippen molar-refractivity contribution in [2.75, 3.05) is 12.4 Å². The highest BCUT2D eigenvalue weighted by Gasteiger charge is 2.26. The normalized spacial score (nSPS) is 12.9. The number of hydrogen-bond donors (Lipinski definition) is 1. The molecule has 0 fully saturated rings. The van der Waals surface area contributed by atoms with E-state index in [2.05, 4.69) is 42.0 Å². The van der Waals surface area contributed by atoms with Crippen LogP contribution in [0.15, 0.2) is 18.2 Å². The topological polar surface area (TPSA) is 38.3 Å². The summed E-state index contributed by atoms with van der Waals surface area (Å²) >= 11 is 3.40. The van der Waals surface area contributed by atoms with E-state index in [0.29, 0.717) is 5.56 Å². The summed E-state index contributed by atoms with van der Waals surface area (Å²) in [6.45, 7) is 6.23. The van der Waals surface area contributed by atoms with Gasteiger partial charge in [-0.05, 0) is 30.0 Å². The Bertz CT molecular complexity index is 471. The van der Waals surface area contributed by atoms with E-state index < -0.39 is 5.82 Å². The third-order valence-electron chi connectivity index (χ3n) is 3.16. The number of alkyl halides is 1. The molecular weight excluding hydrogens is 325 g/mol. The Kier molecular flexibility index (Phi) is 5.99. The minimum Gasteiger partial charge on any atom is -0.494 e. The van der Waals surface area contributed by atoms with E-state index in [1.54, 1.807) is 0 Å². The van der Waals surface area contributed by atoms with Gasteiger partial charge in [0, 0.05) is 16.9 Å². The summed E-state index contributed by atoms with van der Waals surface area (Å²) in [5.74, 6) is -0.619. The minimum atomic E-state index is -0.475. The van der Waals surface area contributed by atoms with Crippen molar-refractivity contribution in [2.24, 2.45) is 5.41 Å². The quantitative estimate of drug-likeness (QED) is 0.825. The van der Waals surface area contributed by atoms with Gasteiger partial charge in [-0.3, -0.25) is 4.79 Å². The van der Waals surface area contributed by atoms with Gasteiger partial charge < -0.3 is 10.1 Å². The van der Waals surface area contributed by atoms with Gasteiger partial charge in [0.1, 0.15) is 0 Å². The number of halogens is 2. The van der Waals surface area contributed by atoms with E-state index in [-0.39, 0.29) is 23.1 Å². The molecule has 1 rings (SSSR count). The second kappa shape index (κ2) is 7.07. The van der Waals surface area contributed by atoms with Gasteiger partial charge in [-0.1, -0.05) is 36.7 Å². The number of amides is 1. The van der Waals surface area contributed by atoms with E-state index in [0.717, 1.165) is 11.8 Å². The maximum absolute atomic E-state index is 13.3. The van der Waals surface area contributed by atoms with E-state index in [1.807, 2.05) is 0 Å². The Morgan fingerprint density at radius 1 is 1.45 bits per heavy atom. The molecule has 1 aromatic rings. The molecule has 0 aromatic heterocycles. The number of methoxy groups -OCH3 is 1. The molecule has 0 bridgehead atoms. The molecule has 0 spiro atoms. The van der Waals surface area contributed by atoms with Crippen molar-refractivity contribution in [3.05, 3.63) is 29.6 Å². The average Bonchev–Trinajstić information content (AvgIpc) is 2.37. The van der Waals surface area contributed by atoms with Gasteiger partial charge in [-0.2, -0.15) is 0 Å². The average molecular weight is 346 g/mol. The summed E-state index contributed by atoms with van der Waals surface area (Å²) in [5.41, 5.74) is 0.347. The smallest absolute Gasteiger partial charge is 0.251 e. The fourth-order valence-corrected chi connectivity index (χ4v) is 2.33. The summed E-state index contributed by atoms with van der Waals surface area (Å²) in [6.07, 6.45) is 0.827. The Labute approximate surface area is 128 Å². The van der Waals surface area contributed by atoms with Gasteiger partial charge in [0.15, 0.2) is 11.6 Å². The van der Waals surface area contributed by atoms with Crippen LogP contribution in [0.1, 0.15) is 37.6 Å². The van der Waals surface area contributed by atoms with Crippen LogP contribution in [0.3, 0.4) is 0 Å². The first kappa shape index (κ1) is 17.0. The van der Waals surface area contributed by atoms with Crippen LogP contribution in [0.2, 0.25) is 0 Å². The lowest BCUT2D eigenvalue weighted by molar-refractivity contribution is 0.0900. The molecule has 112 valence electrons. The molecule has 0 saturated carbocycles. The van der Waals surface area contributed by atoms with E-state index in [9.17, 15) is 9.18 Å². The molecule has 1 N–H and O–H groups in total. The highest BCUT2D eigenvalue weighted by atomic mass is 79.9. The Morgan fingerprint density at radius 2 is 2.10 bits per heavy atom. The SMILES string of the molecule is COc1cc(C(=O)NC(CCBr)C(C)(C)C)ccc1F. The van der Waals surface area contributed by atoms with Crippen molar-refractivity contribution >= 4 is 21.8 Å². The molecule has 0 heterocycles. The zero-order valence-electron chi connectivity index (χ0n) is 12.3. The van der Waals surface area contributed by atoms with Gasteiger partial charge in [-0.25, -0.2) is 4.39 Å². The van der Waals surface area contributed by atoms with E-state index in [1.165, 1.54) is 25.3 Å². The standard InChI is InChI=1S/C15H21BrFNO2/c1-15(2,3)13(7-8-16)18-14(19)10-5-6-11(17)12(9-10)20-4/h5-6,9,13H,7-8H2,1-4H3,(H,18,19). The zero-order valence-corrected chi connectivity index (χ0v) is 13.9. The lowest BCUT2D eigenvalue weighted by Gasteiger charge is -2.31. The number of benzene rings is 1. The predicted molar refractivity (Wildman–Crippen MR) is 82.1 cm³/mol. The minimum absolute atomic E-state index is 0.0328. The van der Waals surface area contributed by atoms with Crippen molar-refractivity contribution in [2.45, 2.75) is 33.2 Å². The first-order valence-electron chi connectivity index (χ1n) is 6.50. The van der Waals surface area contributed by atoms with Crippen LogP contribution >= 0.6 is 15.9 Å². The van der Waals surface area contributed by atoms with Gasteiger partial charge in [0.25, 0.3) is 5.91 Å². The van der Waals surface area contributed by atoms with Crippen LogP contribution in [-0.4, -0.2) is 24.4 Å². The van der Waals surface area contributed by atoms with Crippen LogP contribution in [0.25, 0.3) is 0 Å². The van der Waals surface area contributed by atoms with Crippen LogP contribution < -0.4 is 10.1 Å². The Hall–Kier alpha value is -1.10. The largest absolute Gasteiger partial charge is 0.494 e. The summed E-state index contributed by atoms with van der Waals surface area (Å²) in [6, 6.07) is 4.15. The van der Waals surface area contributed by atoms with Crippen LogP contribution in [0, 0.1) is 11.2 Å². The molecule has 0 saturated heterocycles. The summed E-state index contributed by atoms with van der Waals surface area (Å²) in [5, 5.41) is 3.81. The van der Waals surface area contributed by atoms with Crippen LogP contribution in [0.4, 0.5) is 4.39 Å². The summed E-state index contributed by atoms with van der Waals surface area (Å²) in [7, 11) is 1.38. The van der Waals surface area contributed by atoms with Gasteiger partial charge >= 0.3 is 0 Å². The molecule has 3 nitrogen and oxygen atoms in total. The van der Waals surface area contributed by atoms with E-state index >= 15 is 0 Å². The first-order valence-corrected chi connectivity index (χ1v) is 7.62. The van der Waals surface area contributed by atoms with Gasteiger partial charge in [-0.15, -0.1) is 0 Å². The maximum Gasteiger partial charge on any atom is 0.251 e. The molecular formula is C15H21BrFNO2. The fourth-order valence-electron chi connectivity index (χ4n) is 1.87. The van der Waals surface area contributed by atoms with Crippen LogP contribution in [0.5, 0.6) is 5.75 Å². The molecule has 0 aliphatic rings. The van der Waals surface area contributed by atoms with Crippen molar-refractivity contribution in [3.8, 4) is 5.75 Å². The zero-order chi connectivity index (χ0) is 15.3. The maximum atomic E-state index is 13.3. The number of carbonyl (C=O) groups is 1. The highest BCUT2D eigenvalue weighted by Crippen LogP contribution is 2.24. The first-order chi connectivity index (χ1) is 9.29. The number of hydrogen-bond acceptors (Lipinski definition) is 2. The number of ether oxygens (including phenoxy) is 1.